The van der Waals surface area contributed by atoms with E-state index in [1.54, 1.807) is 6.92 Å². The number of aliphatic hydroxyl groups excluding tert-OH is 1. The molecule has 5 heteroatoms. The molecule has 0 amide bonds. The van der Waals surface area contributed by atoms with Crippen LogP contribution in [0.1, 0.15) is 6.92 Å². The van der Waals surface area contributed by atoms with Crippen LogP contribution in [0.15, 0.2) is 0 Å². The summed E-state index contributed by atoms with van der Waals surface area (Å²) in [5, 5.41) is 7.57. The summed E-state index contributed by atoms with van der Waals surface area (Å²) in [6.07, 6.45) is -6.96. The molecule has 0 unspecified atom stereocenters. The van der Waals surface area contributed by atoms with Gasteiger partial charge in [0.25, 0.3) is 12.9 Å². The highest BCUT2D eigenvalue weighted by Gasteiger charge is 2.15. The Kier molecular flexibility index (Phi) is 9.79. The molecule has 0 aromatic rings. The topological polar surface area (TPSA) is 20.2 Å². The quantitative estimate of drug-likeness (QED) is 0.559. The van der Waals surface area contributed by atoms with Crippen LogP contribution in [0.4, 0.5) is 17.6 Å². The first-order valence-electron chi connectivity index (χ1n) is 2.23. The lowest BCUT2D eigenvalue weighted by atomic mass is 10.8. The van der Waals surface area contributed by atoms with Crippen LogP contribution < -0.4 is 0 Å². The van der Waals surface area contributed by atoms with Crippen LogP contribution in [0.5, 0.6) is 0 Å². The molecule has 1 N–H and O–H groups in total. The molecule has 0 aliphatic carbocycles. The Morgan fingerprint density at radius 3 is 1.22 bits per heavy atom. The lowest BCUT2D eigenvalue weighted by Gasteiger charge is -1.89. The molecule has 0 atom stereocenters. The molecule has 0 aromatic carbocycles. The first-order chi connectivity index (χ1) is 4.06. The minimum absolute atomic E-state index is 0.250. The summed E-state index contributed by atoms with van der Waals surface area (Å²) in [4.78, 5) is 0. The van der Waals surface area contributed by atoms with Gasteiger partial charge in [-0.3, -0.25) is 0 Å². The SMILES string of the molecule is CCO.FC(F)C(F)F. The molecule has 0 saturated carbocycles. The third-order valence-electron chi connectivity index (χ3n) is 0.190. The summed E-state index contributed by atoms with van der Waals surface area (Å²) in [7, 11) is 0. The zero-order valence-corrected chi connectivity index (χ0v) is 4.82. The van der Waals surface area contributed by atoms with Crippen molar-refractivity contribution in [2.45, 2.75) is 19.8 Å². The van der Waals surface area contributed by atoms with Gasteiger partial charge in [-0.2, -0.15) is 0 Å². The summed E-state index contributed by atoms with van der Waals surface area (Å²) >= 11 is 0. The normalized spacial score (nSPS) is 9.33. The Morgan fingerprint density at radius 1 is 1.11 bits per heavy atom. The number of hydrogen-bond donors (Lipinski definition) is 1. The van der Waals surface area contributed by atoms with Gasteiger partial charge in [0.2, 0.25) is 0 Å². The summed E-state index contributed by atoms with van der Waals surface area (Å²) in [5.74, 6) is 0. The molecule has 0 aliphatic heterocycles. The van der Waals surface area contributed by atoms with E-state index >= 15 is 0 Å². The largest absolute Gasteiger partial charge is 0.397 e. The van der Waals surface area contributed by atoms with Gasteiger partial charge in [0.15, 0.2) is 0 Å². The molecular formula is C4H8F4O. The molecule has 0 aliphatic rings. The van der Waals surface area contributed by atoms with Gasteiger partial charge < -0.3 is 5.11 Å². The zero-order chi connectivity index (χ0) is 7.86. The fourth-order valence-electron chi connectivity index (χ4n) is 0. The van der Waals surface area contributed by atoms with Crippen molar-refractivity contribution in [3.8, 4) is 0 Å². The molecule has 9 heavy (non-hydrogen) atoms. The number of alkyl halides is 4. The van der Waals surface area contributed by atoms with Crippen molar-refractivity contribution in [2.75, 3.05) is 6.61 Å². The van der Waals surface area contributed by atoms with E-state index in [4.69, 9.17) is 5.11 Å². The molecule has 0 heterocycles. The van der Waals surface area contributed by atoms with E-state index in [1.165, 1.54) is 0 Å². The van der Waals surface area contributed by atoms with Crippen molar-refractivity contribution in [1.29, 1.82) is 0 Å². The monoisotopic (exact) mass is 148 g/mol. The van der Waals surface area contributed by atoms with E-state index in [2.05, 4.69) is 0 Å². The maximum atomic E-state index is 10.4. The summed E-state index contributed by atoms with van der Waals surface area (Å²) in [6.45, 7) is 1.93. The molecule has 0 rings (SSSR count). The van der Waals surface area contributed by atoms with Gasteiger partial charge in [0.05, 0.1) is 0 Å². The average Bonchev–Trinajstić information content (AvgIpc) is 1.68. The summed E-state index contributed by atoms with van der Waals surface area (Å²) in [6, 6.07) is 0. The highest BCUT2D eigenvalue weighted by atomic mass is 19.3. The van der Waals surface area contributed by atoms with E-state index in [1.807, 2.05) is 0 Å². The Morgan fingerprint density at radius 2 is 1.22 bits per heavy atom. The van der Waals surface area contributed by atoms with Crippen molar-refractivity contribution >= 4 is 0 Å². The first kappa shape index (κ1) is 11.5. The van der Waals surface area contributed by atoms with Crippen molar-refractivity contribution in [2.24, 2.45) is 0 Å². The minimum Gasteiger partial charge on any atom is -0.397 e. The second kappa shape index (κ2) is 7.68. The summed E-state index contributed by atoms with van der Waals surface area (Å²) < 4.78 is 41.6. The fraction of sp³-hybridized carbons (Fsp3) is 1.00. The smallest absolute Gasteiger partial charge is 0.298 e. The fourth-order valence-corrected chi connectivity index (χ4v) is 0. The molecule has 1 nitrogen and oxygen atoms in total. The van der Waals surface area contributed by atoms with Crippen molar-refractivity contribution < 1.29 is 22.7 Å². The molecule has 0 spiro atoms. The lowest BCUT2D eigenvalue weighted by Crippen LogP contribution is -2.02. The third kappa shape index (κ3) is 18.3. The number of hydrogen-bond acceptors (Lipinski definition) is 1. The van der Waals surface area contributed by atoms with E-state index < -0.39 is 12.9 Å². The molecule has 0 radical (unpaired) electrons. The second-order valence-electron chi connectivity index (χ2n) is 0.985. The number of aliphatic hydroxyl groups is 1. The van der Waals surface area contributed by atoms with Crippen LogP contribution >= 0.6 is 0 Å². The van der Waals surface area contributed by atoms with E-state index in [-0.39, 0.29) is 6.61 Å². The molecular weight excluding hydrogens is 140 g/mol. The number of rotatable bonds is 1. The minimum atomic E-state index is -3.48. The van der Waals surface area contributed by atoms with Crippen LogP contribution in [0.2, 0.25) is 0 Å². The van der Waals surface area contributed by atoms with Crippen LogP contribution in [-0.4, -0.2) is 24.6 Å². The Balaban J connectivity index is 0. The van der Waals surface area contributed by atoms with Crippen LogP contribution in [0, 0.1) is 0 Å². The van der Waals surface area contributed by atoms with Crippen LogP contribution in [0.25, 0.3) is 0 Å². The average molecular weight is 148 g/mol. The van der Waals surface area contributed by atoms with Crippen LogP contribution in [0.3, 0.4) is 0 Å². The highest BCUT2D eigenvalue weighted by molar-refractivity contribution is 4.35. The molecule has 0 fully saturated rings. The Labute approximate surface area is 50.3 Å². The predicted molar refractivity (Wildman–Crippen MR) is 24.8 cm³/mol. The van der Waals surface area contributed by atoms with E-state index in [0.29, 0.717) is 0 Å². The number of halogens is 4. The standard InChI is InChI=1S/C2H2F4.C2H6O/c3-1(4)2(5)6;1-2-3/h1-2H;3H,2H2,1H3. The van der Waals surface area contributed by atoms with Gasteiger partial charge in [-0.25, -0.2) is 17.6 Å². The Bertz CT molecular complexity index is 41.8. The van der Waals surface area contributed by atoms with Gasteiger partial charge in [-0.05, 0) is 6.92 Å². The van der Waals surface area contributed by atoms with Gasteiger partial charge in [0, 0.05) is 6.61 Å². The van der Waals surface area contributed by atoms with E-state index in [9.17, 15) is 17.6 Å². The molecule has 58 valence electrons. The maximum Gasteiger partial charge on any atom is 0.298 e. The molecule has 0 aromatic heterocycles. The van der Waals surface area contributed by atoms with Gasteiger partial charge in [-0.15, -0.1) is 0 Å². The second-order valence-corrected chi connectivity index (χ2v) is 0.985. The molecule has 0 bridgehead atoms. The van der Waals surface area contributed by atoms with Crippen molar-refractivity contribution in [1.82, 2.24) is 0 Å². The lowest BCUT2D eigenvalue weighted by molar-refractivity contribution is -0.0278. The van der Waals surface area contributed by atoms with Gasteiger partial charge in [-0.1, -0.05) is 0 Å². The van der Waals surface area contributed by atoms with Gasteiger partial charge >= 0.3 is 0 Å². The molecule has 0 saturated heterocycles. The first-order valence-corrected chi connectivity index (χ1v) is 2.23. The zero-order valence-electron chi connectivity index (χ0n) is 4.82. The van der Waals surface area contributed by atoms with Crippen molar-refractivity contribution in [3.05, 3.63) is 0 Å². The van der Waals surface area contributed by atoms with Crippen LogP contribution in [-0.2, 0) is 0 Å². The van der Waals surface area contributed by atoms with Gasteiger partial charge in [0.1, 0.15) is 0 Å². The van der Waals surface area contributed by atoms with Crippen molar-refractivity contribution in [3.63, 3.8) is 0 Å². The predicted octanol–water partition coefficient (Wildman–Crippen LogP) is 1.52. The highest BCUT2D eigenvalue weighted by Crippen LogP contribution is 2.04. The van der Waals surface area contributed by atoms with E-state index in [0.717, 1.165) is 0 Å². The summed E-state index contributed by atoms with van der Waals surface area (Å²) in [5.41, 5.74) is 0. The Hall–Kier alpha value is -0.320. The third-order valence-corrected chi connectivity index (χ3v) is 0.190. The maximum absolute atomic E-state index is 10.4.